The Balaban J connectivity index is 1.78. The number of hydrogen-bond acceptors (Lipinski definition) is 3. The molecule has 2 heterocycles. The van der Waals surface area contributed by atoms with E-state index in [0.29, 0.717) is 25.4 Å². The highest BCUT2D eigenvalue weighted by molar-refractivity contribution is 5.98. The molecule has 2 aliphatic heterocycles. The largest absolute Gasteiger partial charge is 0.496 e. The van der Waals surface area contributed by atoms with Gasteiger partial charge in [-0.2, -0.15) is 0 Å². The van der Waals surface area contributed by atoms with Crippen LogP contribution in [0.15, 0.2) is 36.4 Å². The number of ether oxygens (including phenoxy) is 1. The van der Waals surface area contributed by atoms with Crippen LogP contribution < -0.4 is 20.3 Å². The van der Waals surface area contributed by atoms with Crippen molar-refractivity contribution in [2.45, 2.75) is 32.1 Å². The number of benzene rings is 2. The first kappa shape index (κ1) is 18.3. The third-order valence-corrected chi connectivity index (χ3v) is 5.54. The van der Waals surface area contributed by atoms with Crippen LogP contribution in [-0.4, -0.2) is 32.1 Å². The maximum absolute atomic E-state index is 12.5. The van der Waals surface area contributed by atoms with E-state index in [4.69, 9.17) is 4.74 Å². The van der Waals surface area contributed by atoms with E-state index in [1.54, 1.807) is 12.0 Å². The van der Waals surface area contributed by atoms with Crippen LogP contribution in [0.4, 0.5) is 16.2 Å². The zero-order valence-electron chi connectivity index (χ0n) is 16.4. The summed E-state index contributed by atoms with van der Waals surface area (Å²) in [4.78, 5) is 26.2. The van der Waals surface area contributed by atoms with Gasteiger partial charge in [0.05, 0.1) is 7.11 Å². The molecule has 146 valence electrons. The molecule has 1 saturated heterocycles. The first-order chi connectivity index (χ1) is 13.5. The van der Waals surface area contributed by atoms with Crippen molar-refractivity contribution in [3.05, 3.63) is 53.1 Å². The van der Waals surface area contributed by atoms with E-state index in [-0.39, 0.29) is 17.9 Å². The summed E-state index contributed by atoms with van der Waals surface area (Å²) in [5, 5.41) is 5.78. The minimum Gasteiger partial charge on any atom is -0.496 e. The summed E-state index contributed by atoms with van der Waals surface area (Å²) in [6, 6.07) is 12.0. The molecule has 0 aromatic heterocycles. The van der Waals surface area contributed by atoms with Crippen molar-refractivity contribution in [1.82, 2.24) is 5.32 Å². The Bertz CT molecular complexity index is 939. The van der Waals surface area contributed by atoms with Gasteiger partial charge in [-0.15, -0.1) is 0 Å². The lowest BCUT2D eigenvalue weighted by atomic mass is 9.82. The number of nitrogens with zero attached hydrogens (tertiary/aromatic N) is 1. The Morgan fingerprint density at radius 2 is 1.93 bits per heavy atom. The molecule has 1 fully saturated rings. The van der Waals surface area contributed by atoms with Gasteiger partial charge in [0.2, 0.25) is 5.91 Å². The molecule has 2 N–H and O–H groups in total. The Morgan fingerprint density at radius 3 is 2.61 bits per heavy atom. The van der Waals surface area contributed by atoms with Crippen LogP contribution in [0.2, 0.25) is 0 Å². The number of hydrogen-bond donors (Lipinski definition) is 2. The highest BCUT2D eigenvalue weighted by atomic mass is 16.5. The second-order valence-electron chi connectivity index (χ2n) is 7.62. The molecule has 3 amide bonds. The second-order valence-corrected chi connectivity index (χ2v) is 7.62. The lowest BCUT2D eigenvalue weighted by molar-refractivity contribution is -0.116. The summed E-state index contributed by atoms with van der Waals surface area (Å²) in [7, 11) is 1.66. The minimum absolute atomic E-state index is 0.0301. The summed E-state index contributed by atoms with van der Waals surface area (Å²) in [5.74, 6) is 1.06. The Kier molecular flexibility index (Phi) is 4.71. The summed E-state index contributed by atoms with van der Waals surface area (Å²) in [6.07, 6.45) is 0.369. The molecule has 0 bridgehead atoms. The lowest BCUT2D eigenvalue weighted by Crippen LogP contribution is -2.29. The van der Waals surface area contributed by atoms with Crippen LogP contribution in [0.5, 0.6) is 5.75 Å². The number of carbonyl (C=O) groups excluding carboxylic acids is 2. The Morgan fingerprint density at radius 1 is 1.11 bits per heavy atom. The van der Waals surface area contributed by atoms with Crippen molar-refractivity contribution in [3.63, 3.8) is 0 Å². The van der Waals surface area contributed by atoms with Gasteiger partial charge in [0, 0.05) is 42.4 Å². The molecule has 2 aromatic rings. The van der Waals surface area contributed by atoms with E-state index >= 15 is 0 Å². The number of anilines is 2. The normalized spacial score (nSPS) is 18.7. The molecule has 1 unspecified atom stereocenters. The first-order valence-electron chi connectivity index (χ1n) is 9.65. The van der Waals surface area contributed by atoms with Crippen LogP contribution in [0.25, 0.3) is 0 Å². The van der Waals surface area contributed by atoms with Gasteiger partial charge in [-0.25, -0.2) is 4.79 Å². The molecule has 4 rings (SSSR count). The van der Waals surface area contributed by atoms with E-state index in [0.717, 1.165) is 28.3 Å². The van der Waals surface area contributed by atoms with Gasteiger partial charge < -0.3 is 15.4 Å². The number of amides is 3. The predicted molar refractivity (Wildman–Crippen MR) is 109 cm³/mol. The molecule has 6 heteroatoms. The first-order valence-corrected chi connectivity index (χ1v) is 9.65. The molecule has 2 aromatic carbocycles. The topological polar surface area (TPSA) is 70.7 Å². The maximum Gasteiger partial charge on any atom is 0.321 e. The van der Waals surface area contributed by atoms with Crippen LogP contribution >= 0.6 is 0 Å². The van der Waals surface area contributed by atoms with Gasteiger partial charge in [0.15, 0.2) is 0 Å². The van der Waals surface area contributed by atoms with E-state index in [1.165, 1.54) is 5.56 Å². The molecule has 2 aliphatic rings. The highest BCUT2D eigenvalue weighted by Crippen LogP contribution is 2.43. The molecule has 0 saturated carbocycles. The maximum atomic E-state index is 12.5. The summed E-state index contributed by atoms with van der Waals surface area (Å²) in [6.45, 7) is 5.56. The number of methoxy groups -OCH3 is 1. The average Bonchev–Trinajstić information content (AvgIpc) is 3.12. The highest BCUT2D eigenvalue weighted by Gasteiger charge is 2.30. The molecule has 1 atom stereocenters. The minimum atomic E-state index is -0.107. The average molecular weight is 379 g/mol. The SMILES string of the molecule is COc1ccc(C(C)C)cc1C1CC(=O)Nc2cc(N3CCNC3=O)ccc21. The van der Waals surface area contributed by atoms with Crippen molar-refractivity contribution in [2.24, 2.45) is 0 Å². The monoisotopic (exact) mass is 379 g/mol. The second kappa shape index (κ2) is 7.19. The van der Waals surface area contributed by atoms with Crippen LogP contribution in [0.3, 0.4) is 0 Å². The van der Waals surface area contributed by atoms with Gasteiger partial charge in [-0.1, -0.05) is 32.0 Å². The van der Waals surface area contributed by atoms with Crippen molar-refractivity contribution in [3.8, 4) is 5.75 Å². The van der Waals surface area contributed by atoms with Crippen LogP contribution in [0, 0.1) is 0 Å². The van der Waals surface area contributed by atoms with Gasteiger partial charge in [0.25, 0.3) is 0 Å². The van der Waals surface area contributed by atoms with E-state index in [9.17, 15) is 9.59 Å². The molecule has 6 nitrogen and oxygen atoms in total. The fraction of sp³-hybridized carbons (Fsp3) is 0.364. The smallest absolute Gasteiger partial charge is 0.321 e. The Hall–Kier alpha value is -3.02. The number of rotatable bonds is 4. The summed E-state index contributed by atoms with van der Waals surface area (Å²) < 4.78 is 5.61. The molecule has 28 heavy (non-hydrogen) atoms. The molecular formula is C22H25N3O3. The number of carbonyl (C=O) groups is 2. The van der Waals surface area contributed by atoms with Gasteiger partial charge in [0.1, 0.15) is 5.75 Å². The molecule has 0 spiro atoms. The van der Waals surface area contributed by atoms with E-state index in [1.807, 2.05) is 24.3 Å². The summed E-state index contributed by atoms with van der Waals surface area (Å²) >= 11 is 0. The molecule has 0 radical (unpaired) electrons. The molecular weight excluding hydrogens is 354 g/mol. The van der Waals surface area contributed by atoms with Crippen molar-refractivity contribution in [1.29, 1.82) is 0 Å². The van der Waals surface area contributed by atoms with E-state index in [2.05, 4.69) is 36.6 Å². The standard InChI is InChI=1S/C22H25N3O3/c1-13(2)14-4-7-20(28-3)18(10-14)17-12-21(26)24-19-11-15(5-6-16(17)19)25-9-8-23-22(25)27/h4-7,10-11,13,17H,8-9,12H2,1-3H3,(H,23,27)(H,24,26). The van der Waals surface area contributed by atoms with Crippen LogP contribution in [0.1, 0.15) is 48.8 Å². The number of urea groups is 1. The fourth-order valence-corrected chi connectivity index (χ4v) is 4.00. The Labute approximate surface area is 164 Å². The van der Waals surface area contributed by atoms with Crippen LogP contribution in [-0.2, 0) is 4.79 Å². The summed E-state index contributed by atoms with van der Waals surface area (Å²) in [5.41, 5.74) is 4.83. The molecule has 0 aliphatic carbocycles. The van der Waals surface area contributed by atoms with Gasteiger partial charge in [-0.3, -0.25) is 9.69 Å². The zero-order chi connectivity index (χ0) is 19.8. The lowest BCUT2D eigenvalue weighted by Gasteiger charge is -2.29. The van der Waals surface area contributed by atoms with Crippen molar-refractivity contribution >= 4 is 23.3 Å². The quantitative estimate of drug-likeness (QED) is 0.848. The van der Waals surface area contributed by atoms with Gasteiger partial charge >= 0.3 is 6.03 Å². The van der Waals surface area contributed by atoms with E-state index < -0.39 is 0 Å². The third-order valence-electron chi connectivity index (χ3n) is 5.54. The van der Waals surface area contributed by atoms with Crippen molar-refractivity contribution in [2.75, 3.05) is 30.4 Å². The zero-order valence-corrected chi connectivity index (χ0v) is 16.4. The third kappa shape index (κ3) is 3.19. The van der Waals surface area contributed by atoms with Crippen molar-refractivity contribution < 1.29 is 14.3 Å². The van der Waals surface area contributed by atoms with Gasteiger partial charge in [-0.05, 0) is 35.2 Å². The number of fused-ring (bicyclic) bond motifs is 1. The predicted octanol–water partition coefficient (Wildman–Crippen LogP) is 3.82. The fourth-order valence-electron chi connectivity index (χ4n) is 4.00. The number of nitrogens with one attached hydrogen (secondary N) is 2.